The maximum Gasteiger partial charge on any atom is 1.00 e. The Balaban J connectivity index is -0.0000000315. The van der Waals surface area contributed by atoms with Crippen LogP contribution in [0.25, 0.3) is 0 Å². The van der Waals surface area contributed by atoms with E-state index in [1.54, 1.807) is 0 Å². The van der Waals surface area contributed by atoms with E-state index in [-0.39, 0.29) is 59.1 Å². The van der Waals surface area contributed by atoms with Gasteiger partial charge in [0.15, 0.2) is 0 Å². The standard InChI is InChI=1S/CH2O3.2Na.H2O4S.O3Si/c2-1(3)4;;;1-5(2,3)4;1-4(2)3/h(H2,2,3,4);;;(H2,1,2,3,4);/q;2*+1;;-2. The van der Waals surface area contributed by atoms with Crippen molar-refractivity contribution in [1.82, 2.24) is 0 Å². The number of rotatable bonds is 0. The van der Waals surface area contributed by atoms with Crippen LogP contribution in [0.15, 0.2) is 0 Å². The van der Waals surface area contributed by atoms with Crippen LogP contribution in [-0.2, 0) is 14.9 Å². The molecule has 0 unspecified atom stereocenters. The summed E-state index contributed by atoms with van der Waals surface area (Å²) in [5, 5.41) is 13.9. The van der Waals surface area contributed by atoms with Crippen LogP contribution in [0, 0.1) is 0 Å². The van der Waals surface area contributed by atoms with Crippen LogP contribution in [0.3, 0.4) is 0 Å². The molecule has 0 saturated heterocycles. The molecule has 0 fully saturated rings. The van der Waals surface area contributed by atoms with Crippen molar-refractivity contribution < 1.29 is 106 Å². The van der Waals surface area contributed by atoms with Crippen molar-refractivity contribution in [2.75, 3.05) is 0 Å². The normalized spacial score (nSPS) is 7.07. The van der Waals surface area contributed by atoms with E-state index in [0.29, 0.717) is 0 Å². The average molecular weight is 282 g/mol. The molecule has 10 nitrogen and oxygen atoms in total. The first-order chi connectivity index (χ1) is 5.46. The van der Waals surface area contributed by atoms with Crippen LogP contribution in [0.1, 0.15) is 0 Å². The van der Waals surface area contributed by atoms with Gasteiger partial charge in [0.25, 0.3) is 0 Å². The molecule has 0 aliphatic heterocycles. The first-order valence-corrected chi connectivity index (χ1v) is 4.58. The zero-order valence-corrected chi connectivity index (χ0v) is 13.5. The Hall–Kier alpha value is 0.757. The summed E-state index contributed by atoms with van der Waals surface area (Å²) in [7, 11) is -8.30. The molecular weight excluding hydrogens is 278 g/mol. The van der Waals surface area contributed by atoms with Crippen molar-refractivity contribution in [3.05, 3.63) is 0 Å². The SMILES string of the molecule is O=C(O)O.O=S(=O)(O)O.O=[Si]([O-])[O-].[Na+].[Na+]. The van der Waals surface area contributed by atoms with Crippen LogP contribution in [0.4, 0.5) is 4.79 Å². The van der Waals surface area contributed by atoms with E-state index < -0.39 is 25.7 Å². The van der Waals surface area contributed by atoms with E-state index in [4.69, 9.17) is 46.6 Å². The van der Waals surface area contributed by atoms with Crippen LogP contribution >= 0.6 is 0 Å². The Kier molecular flexibility index (Phi) is 33.9. The summed E-state index contributed by atoms with van der Waals surface area (Å²) in [6, 6.07) is 0. The molecule has 0 atom stereocenters. The van der Waals surface area contributed by atoms with Crippen molar-refractivity contribution >= 4 is 25.7 Å². The van der Waals surface area contributed by atoms with Gasteiger partial charge in [-0.1, -0.05) is 0 Å². The van der Waals surface area contributed by atoms with Crippen LogP contribution in [0.5, 0.6) is 0 Å². The third-order valence-electron chi connectivity index (χ3n) is 0. The van der Waals surface area contributed by atoms with Crippen molar-refractivity contribution in [3.8, 4) is 0 Å². The van der Waals surface area contributed by atoms with Gasteiger partial charge in [-0.3, -0.25) is 9.11 Å². The molecule has 0 aromatic heterocycles. The van der Waals surface area contributed by atoms with Crippen molar-refractivity contribution in [2.24, 2.45) is 0 Å². The fourth-order valence-corrected chi connectivity index (χ4v) is 0. The maximum absolute atomic E-state index is 8.74. The second kappa shape index (κ2) is 17.2. The summed E-state index contributed by atoms with van der Waals surface area (Å²) in [6.45, 7) is 0. The Morgan fingerprint density at radius 2 is 1.07 bits per heavy atom. The monoisotopic (exact) mass is 282 g/mol. The molecule has 0 amide bonds. The van der Waals surface area contributed by atoms with Crippen LogP contribution in [0.2, 0.25) is 0 Å². The molecule has 4 N–H and O–H groups in total. The van der Waals surface area contributed by atoms with E-state index in [1.807, 2.05) is 0 Å². The van der Waals surface area contributed by atoms with Gasteiger partial charge in [0, 0.05) is 9.17 Å². The van der Waals surface area contributed by atoms with Gasteiger partial charge in [0.2, 0.25) is 0 Å². The number of carbonyl (C=O) groups is 1. The van der Waals surface area contributed by atoms with Gasteiger partial charge in [-0.25, -0.2) is 4.79 Å². The van der Waals surface area contributed by atoms with Gasteiger partial charge in [0.1, 0.15) is 0 Å². The number of hydrogen-bond donors (Lipinski definition) is 4. The second-order valence-corrected chi connectivity index (χ2v) is 2.38. The fraction of sp³-hybridized carbons (Fsp3) is 0. The van der Waals surface area contributed by atoms with Gasteiger partial charge in [-0.15, -0.1) is 0 Å². The van der Waals surface area contributed by atoms with Crippen molar-refractivity contribution in [1.29, 1.82) is 0 Å². The Morgan fingerprint density at radius 3 is 1.07 bits per heavy atom. The van der Waals surface area contributed by atoms with E-state index >= 15 is 0 Å². The van der Waals surface area contributed by atoms with Gasteiger partial charge in [-0.05, 0) is 0 Å². The molecule has 0 radical (unpaired) electrons. The molecule has 0 rings (SSSR count). The third-order valence-corrected chi connectivity index (χ3v) is 0. The molecule has 15 heavy (non-hydrogen) atoms. The Labute approximate surface area is 130 Å². The second-order valence-electron chi connectivity index (χ2n) is 0.980. The van der Waals surface area contributed by atoms with E-state index in [9.17, 15) is 0 Å². The van der Waals surface area contributed by atoms with Crippen molar-refractivity contribution in [2.45, 2.75) is 0 Å². The maximum atomic E-state index is 8.74. The first-order valence-electron chi connectivity index (χ1n) is 1.96. The predicted molar refractivity (Wildman–Crippen MR) is 31.3 cm³/mol. The van der Waals surface area contributed by atoms with E-state index in [2.05, 4.69) is 0 Å². The Bertz CT molecular complexity index is 218. The fourth-order valence-electron chi connectivity index (χ4n) is 0. The third kappa shape index (κ3) is 4190. The molecule has 0 aliphatic rings. The molecular formula is CH4Na2O10SSi. The zero-order valence-electron chi connectivity index (χ0n) is 7.65. The average Bonchev–Trinajstić information content (AvgIpc) is 1.50. The molecule has 0 aromatic rings. The summed E-state index contributed by atoms with van der Waals surface area (Å²) in [5.74, 6) is 0. The van der Waals surface area contributed by atoms with E-state index in [0.717, 1.165) is 0 Å². The number of hydrogen-bond acceptors (Lipinski definition) is 6. The Morgan fingerprint density at radius 1 is 1.07 bits per heavy atom. The van der Waals surface area contributed by atoms with Gasteiger partial charge < -0.3 is 24.3 Å². The molecule has 0 aromatic carbocycles. The summed E-state index contributed by atoms with van der Waals surface area (Å²) in [4.78, 5) is 25.6. The largest absolute Gasteiger partial charge is 1.00 e. The van der Waals surface area contributed by atoms with Gasteiger partial charge in [-0.2, -0.15) is 8.42 Å². The molecule has 80 valence electrons. The number of carboxylic acid groups (broad SMARTS) is 2. The van der Waals surface area contributed by atoms with Crippen LogP contribution < -0.4 is 68.7 Å². The molecule has 0 spiro atoms. The van der Waals surface area contributed by atoms with E-state index in [1.165, 1.54) is 0 Å². The minimum Gasteiger partial charge on any atom is -0.672 e. The van der Waals surface area contributed by atoms with Crippen molar-refractivity contribution in [3.63, 3.8) is 0 Å². The summed E-state index contributed by atoms with van der Waals surface area (Å²) in [6.07, 6.45) is -1.83. The molecule has 0 heterocycles. The predicted octanol–water partition coefficient (Wildman–Crippen LogP) is -9.30. The van der Waals surface area contributed by atoms with Gasteiger partial charge >= 0.3 is 75.7 Å². The smallest absolute Gasteiger partial charge is 0.672 e. The minimum atomic E-state index is -4.67. The topological polar surface area (TPSA) is 195 Å². The van der Waals surface area contributed by atoms with Gasteiger partial charge in [0.05, 0.1) is 0 Å². The minimum absolute atomic E-state index is 0. The first kappa shape index (κ1) is 29.7. The molecule has 14 heteroatoms. The summed E-state index contributed by atoms with van der Waals surface area (Å²) in [5.41, 5.74) is 0. The zero-order chi connectivity index (χ0) is 11.7. The van der Waals surface area contributed by atoms with Crippen LogP contribution in [-0.4, -0.2) is 43.1 Å². The molecule has 0 bridgehead atoms. The molecule has 0 saturated carbocycles. The summed E-state index contributed by atoms with van der Waals surface area (Å²) < 4.78 is 40.1. The quantitative estimate of drug-likeness (QED) is 0.244. The molecule has 0 aliphatic carbocycles. The summed E-state index contributed by atoms with van der Waals surface area (Å²) >= 11 is 0.